The van der Waals surface area contributed by atoms with Gasteiger partial charge in [-0.1, -0.05) is 0 Å². The van der Waals surface area contributed by atoms with Crippen molar-refractivity contribution in [1.29, 1.82) is 0 Å². The third-order valence-corrected chi connectivity index (χ3v) is 3.71. The molecule has 6 nitrogen and oxygen atoms in total. The molecule has 2 amide bonds. The monoisotopic (exact) mass is 355 g/mol. The number of benzene rings is 1. The Bertz CT molecular complexity index is 552. The number of ether oxygens (including phenoxy) is 1. The van der Waals surface area contributed by atoms with Crippen LogP contribution in [0.5, 0.6) is 5.75 Å². The Balaban J connectivity index is 0.00000288. The molecule has 24 heavy (non-hydrogen) atoms. The molecule has 1 aliphatic heterocycles. The van der Waals surface area contributed by atoms with Gasteiger partial charge in [0.1, 0.15) is 5.75 Å². The van der Waals surface area contributed by atoms with Crippen LogP contribution < -0.4 is 20.7 Å². The van der Waals surface area contributed by atoms with Crippen LogP contribution in [0.1, 0.15) is 31.2 Å². The summed E-state index contributed by atoms with van der Waals surface area (Å²) in [6, 6.07) is 5.69. The van der Waals surface area contributed by atoms with Crippen LogP contribution in [-0.4, -0.2) is 38.6 Å². The number of rotatable bonds is 9. The Morgan fingerprint density at radius 1 is 1.25 bits per heavy atom. The van der Waals surface area contributed by atoms with Crippen LogP contribution >= 0.6 is 12.4 Å². The first kappa shape index (κ1) is 20.3. The van der Waals surface area contributed by atoms with Crippen molar-refractivity contribution in [2.45, 2.75) is 32.1 Å². The van der Waals surface area contributed by atoms with Crippen LogP contribution in [0, 0.1) is 0 Å². The number of carbonyl (C=O) groups is 2. The van der Waals surface area contributed by atoms with Crippen molar-refractivity contribution in [3.8, 4) is 5.75 Å². The van der Waals surface area contributed by atoms with Crippen LogP contribution in [0.2, 0.25) is 0 Å². The van der Waals surface area contributed by atoms with Crippen molar-refractivity contribution in [2.24, 2.45) is 0 Å². The fraction of sp³-hybridized carbons (Fsp3) is 0.529. The van der Waals surface area contributed by atoms with Gasteiger partial charge in [0.05, 0.1) is 6.61 Å². The zero-order valence-electron chi connectivity index (χ0n) is 14.0. The fourth-order valence-corrected chi connectivity index (χ4v) is 2.45. The van der Waals surface area contributed by atoms with Gasteiger partial charge in [0.15, 0.2) is 0 Å². The van der Waals surface area contributed by atoms with Gasteiger partial charge < -0.3 is 20.7 Å². The summed E-state index contributed by atoms with van der Waals surface area (Å²) in [6.07, 6.45) is 3.36. The number of carbonyl (C=O) groups excluding carboxylic acids is 2. The molecule has 0 bridgehead atoms. The molecule has 2 rings (SSSR count). The summed E-state index contributed by atoms with van der Waals surface area (Å²) < 4.78 is 5.69. The van der Waals surface area contributed by atoms with Gasteiger partial charge in [0.25, 0.3) is 0 Å². The van der Waals surface area contributed by atoms with Crippen LogP contribution in [0.15, 0.2) is 18.2 Å². The molecule has 0 radical (unpaired) electrons. The molecule has 1 aliphatic rings. The van der Waals surface area contributed by atoms with Crippen molar-refractivity contribution in [2.75, 3.05) is 32.1 Å². The first-order valence-electron chi connectivity index (χ1n) is 8.16. The SMILES string of the molecule is CNCCCNC(=O)CCCOc1ccc2c(c1)CCC(=O)N2.Cl. The van der Waals surface area contributed by atoms with Crippen LogP contribution in [-0.2, 0) is 16.0 Å². The minimum absolute atomic E-state index is 0. The average Bonchev–Trinajstić information content (AvgIpc) is 2.55. The summed E-state index contributed by atoms with van der Waals surface area (Å²) in [5.41, 5.74) is 1.97. The Morgan fingerprint density at radius 2 is 2.08 bits per heavy atom. The standard InChI is InChI=1S/C17H25N3O3.ClH/c1-18-9-3-10-19-16(21)4-2-11-23-14-6-7-15-13(12-14)5-8-17(22)20-15;/h6-7,12,18H,2-5,8-11H2,1H3,(H,19,21)(H,20,22);1H. The molecule has 7 heteroatoms. The maximum Gasteiger partial charge on any atom is 0.224 e. The van der Waals surface area contributed by atoms with Crippen LogP contribution in [0.4, 0.5) is 5.69 Å². The number of anilines is 1. The molecular formula is C17H26ClN3O3. The van der Waals surface area contributed by atoms with E-state index < -0.39 is 0 Å². The molecule has 0 spiro atoms. The molecule has 134 valence electrons. The second-order valence-electron chi connectivity index (χ2n) is 5.63. The van der Waals surface area contributed by atoms with Crippen molar-refractivity contribution in [3.05, 3.63) is 23.8 Å². The van der Waals surface area contributed by atoms with Gasteiger partial charge in [-0.05, 0) is 56.6 Å². The lowest BCUT2D eigenvalue weighted by molar-refractivity contribution is -0.121. The second-order valence-corrected chi connectivity index (χ2v) is 5.63. The number of hydrogen-bond donors (Lipinski definition) is 3. The third kappa shape index (κ3) is 6.76. The Hall–Kier alpha value is -1.79. The normalized spacial score (nSPS) is 12.6. The lowest BCUT2D eigenvalue weighted by Crippen LogP contribution is -2.26. The van der Waals surface area contributed by atoms with Crippen molar-refractivity contribution < 1.29 is 14.3 Å². The van der Waals surface area contributed by atoms with E-state index in [0.717, 1.165) is 36.4 Å². The highest BCUT2D eigenvalue weighted by molar-refractivity contribution is 5.94. The molecule has 0 saturated carbocycles. The van der Waals surface area contributed by atoms with Crippen molar-refractivity contribution in [1.82, 2.24) is 10.6 Å². The molecule has 0 aromatic heterocycles. The molecule has 0 fully saturated rings. The number of hydrogen-bond acceptors (Lipinski definition) is 4. The van der Waals surface area contributed by atoms with Crippen molar-refractivity contribution in [3.63, 3.8) is 0 Å². The van der Waals surface area contributed by atoms with Crippen LogP contribution in [0.25, 0.3) is 0 Å². The van der Waals surface area contributed by atoms with Gasteiger partial charge in [-0.3, -0.25) is 9.59 Å². The number of halogens is 1. The molecule has 1 aromatic carbocycles. The lowest BCUT2D eigenvalue weighted by atomic mass is 10.0. The summed E-state index contributed by atoms with van der Waals surface area (Å²) in [6.45, 7) is 2.12. The Kier molecular flexibility index (Phi) is 9.19. The smallest absolute Gasteiger partial charge is 0.224 e. The summed E-state index contributed by atoms with van der Waals surface area (Å²) in [5, 5.41) is 8.77. The number of nitrogens with one attached hydrogen (secondary N) is 3. The van der Waals surface area contributed by atoms with E-state index in [1.54, 1.807) is 0 Å². The number of amides is 2. The first-order valence-corrected chi connectivity index (χ1v) is 8.16. The van der Waals surface area contributed by atoms with Gasteiger partial charge in [-0.15, -0.1) is 12.4 Å². The van der Waals surface area contributed by atoms with E-state index in [0.29, 0.717) is 32.4 Å². The number of fused-ring (bicyclic) bond motifs is 1. The number of aryl methyl sites for hydroxylation is 1. The van der Waals surface area contributed by atoms with Crippen LogP contribution in [0.3, 0.4) is 0 Å². The zero-order chi connectivity index (χ0) is 16.5. The topological polar surface area (TPSA) is 79.5 Å². The predicted octanol–water partition coefficient (Wildman–Crippen LogP) is 1.88. The average molecular weight is 356 g/mol. The minimum atomic E-state index is 0. The first-order chi connectivity index (χ1) is 11.2. The van der Waals surface area contributed by atoms with Gasteiger partial charge in [-0.2, -0.15) is 0 Å². The molecular weight excluding hydrogens is 330 g/mol. The predicted molar refractivity (Wildman–Crippen MR) is 96.9 cm³/mol. The highest BCUT2D eigenvalue weighted by Gasteiger charge is 2.14. The zero-order valence-corrected chi connectivity index (χ0v) is 14.8. The Labute approximate surface area is 149 Å². The van der Waals surface area contributed by atoms with Crippen molar-refractivity contribution >= 4 is 29.9 Å². The lowest BCUT2D eigenvalue weighted by Gasteiger charge is -2.17. The molecule has 3 N–H and O–H groups in total. The van der Waals surface area contributed by atoms with E-state index in [9.17, 15) is 9.59 Å². The molecule has 0 saturated heterocycles. The highest BCUT2D eigenvalue weighted by atomic mass is 35.5. The fourth-order valence-electron chi connectivity index (χ4n) is 2.45. The van der Waals surface area contributed by atoms with Gasteiger partial charge in [-0.25, -0.2) is 0 Å². The van der Waals surface area contributed by atoms with E-state index in [-0.39, 0.29) is 24.2 Å². The van der Waals surface area contributed by atoms with Gasteiger partial charge in [0, 0.05) is 25.1 Å². The second kappa shape index (κ2) is 10.9. The van der Waals surface area contributed by atoms with E-state index in [2.05, 4.69) is 16.0 Å². The maximum absolute atomic E-state index is 11.6. The summed E-state index contributed by atoms with van der Waals surface area (Å²) in [5.74, 6) is 0.916. The summed E-state index contributed by atoms with van der Waals surface area (Å²) in [7, 11) is 1.90. The maximum atomic E-state index is 11.6. The highest BCUT2D eigenvalue weighted by Crippen LogP contribution is 2.26. The summed E-state index contributed by atoms with van der Waals surface area (Å²) >= 11 is 0. The van der Waals surface area contributed by atoms with E-state index >= 15 is 0 Å². The van der Waals surface area contributed by atoms with E-state index in [4.69, 9.17) is 4.74 Å². The molecule has 0 aliphatic carbocycles. The molecule has 1 heterocycles. The van der Waals surface area contributed by atoms with Gasteiger partial charge >= 0.3 is 0 Å². The third-order valence-electron chi connectivity index (χ3n) is 3.71. The van der Waals surface area contributed by atoms with E-state index in [1.165, 1.54) is 0 Å². The van der Waals surface area contributed by atoms with Gasteiger partial charge in [0.2, 0.25) is 11.8 Å². The van der Waals surface area contributed by atoms with E-state index in [1.807, 2.05) is 25.2 Å². The molecule has 1 aromatic rings. The largest absolute Gasteiger partial charge is 0.494 e. The Morgan fingerprint density at radius 3 is 2.88 bits per heavy atom. The minimum Gasteiger partial charge on any atom is -0.494 e. The summed E-state index contributed by atoms with van der Waals surface area (Å²) in [4.78, 5) is 22.9. The quantitative estimate of drug-likeness (QED) is 0.591. The molecule has 0 atom stereocenters. The molecule has 0 unspecified atom stereocenters.